The first-order valence-electron chi connectivity index (χ1n) is 11.5. The first kappa shape index (κ1) is 29.0. The Hall–Kier alpha value is -3.54. The van der Waals surface area contributed by atoms with Gasteiger partial charge in [0.05, 0.1) is 17.6 Å². The van der Waals surface area contributed by atoms with Crippen LogP contribution in [0.1, 0.15) is 33.4 Å². The molecular formula is C25H29N6O5PS. The summed E-state index contributed by atoms with van der Waals surface area (Å²) in [5.74, 6) is 0.676. The SMILES string of the molecule is CC=CC=C(C)C(C)=c1c(NCc2ccccn2)nc(-c2cncc(S(=O)(=O)NP(=O)(O)O)c2)nc1=CC. The summed E-state index contributed by atoms with van der Waals surface area (Å²) in [6.45, 7) is 8.09. The first-order chi connectivity index (χ1) is 17.9. The lowest BCUT2D eigenvalue weighted by Crippen LogP contribution is -2.35. The standard InChI is InChI=1S/C25H29N6O5PS/c1-5-7-10-17(3)18(4)23-22(6-2)29-24(30-25(23)28-15-20-11-8-9-12-27-20)19-13-21(16-26-14-19)38(35,36)31-37(32,33)34/h5-14,16H,15H2,1-4H3,(H,28,29,30)(H3,31,32,33,34). The summed E-state index contributed by atoms with van der Waals surface area (Å²) in [4.78, 5) is 35.4. The number of aromatic nitrogens is 4. The minimum absolute atomic E-state index is 0.175. The van der Waals surface area contributed by atoms with Gasteiger partial charge in [0.15, 0.2) is 5.82 Å². The second kappa shape index (κ2) is 12.3. The molecule has 3 heterocycles. The van der Waals surface area contributed by atoms with E-state index < -0.39 is 22.7 Å². The lowest BCUT2D eigenvalue weighted by molar-refractivity contribution is 0.368. The predicted molar refractivity (Wildman–Crippen MR) is 146 cm³/mol. The third-order valence-corrected chi connectivity index (χ3v) is 8.16. The van der Waals surface area contributed by atoms with E-state index in [1.807, 2.05) is 70.2 Å². The molecule has 0 aliphatic heterocycles. The number of hydrogen-bond donors (Lipinski definition) is 4. The molecule has 4 N–H and O–H groups in total. The van der Waals surface area contributed by atoms with Crippen molar-refractivity contribution in [2.45, 2.75) is 39.1 Å². The molecule has 11 nitrogen and oxygen atoms in total. The average molecular weight is 557 g/mol. The van der Waals surface area contributed by atoms with Crippen LogP contribution < -0.4 is 20.4 Å². The van der Waals surface area contributed by atoms with Crippen LogP contribution in [0.15, 0.2) is 71.6 Å². The number of nitrogens with one attached hydrogen (secondary N) is 2. The highest BCUT2D eigenvalue weighted by Gasteiger charge is 2.26. The zero-order chi connectivity index (χ0) is 27.9. The van der Waals surface area contributed by atoms with Crippen LogP contribution in [0, 0.1) is 0 Å². The molecule has 3 rings (SSSR count). The van der Waals surface area contributed by atoms with Crippen molar-refractivity contribution < 1.29 is 22.8 Å². The van der Waals surface area contributed by atoms with E-state index in [1.165, 1.54) is 16.8 Å². The first-order valence-corrected chi connectivity index (χ1v) is 14.6. The molecule has 200 valence electrons. The van der Waals surface area contributed by atoms with Crippen molar-refractivity contribution in [3.63, 3.8) is 0 Å². The van der Waals surface area contributed by atoms with Crippen LogP contribution in [-0.2, 0) is 21.1 Å². The summed E-state index contributed by atoms with van der Waals surface area (Å²) < 4.78 is 37.5. The number of hydrogen-bond acceptors (Lipinski definition) is 8. The Morgan fingerprint density at radius 2 is 1.89 bits per heavy atom. The number of allylic oxidation sites excluding steroid dienone is 4. The van der Waals surface area contributed by atoms with Crippen molar-refractivity contribution in [1.29, 1.82) is 0 Å². The fourth-order valence-electron chi connectivity index (χ4n) is 3.45. The zero-order valence-electron chi connectivity index (χ0n) is 21.3. The minimum atomic E-state index is -5.06. The van der Waals surface area contributed by atoms with Crippen molar-refractivity contribution in [1.82, 2.24) is 24.4 Å². The summed E-state index contributed by atoms with van der Waals surface area (Å²) in [5.41, 5.74) is 2.97. The maximum atomic E-state index is 12.5. The fourth-order valence-corrected chi connectivity index (χ4v) is 5.61. The van der Waals surface area contributed by atoms with Gasteiger partial charge in [0, 0.05) is 29.4 Å². The summed E-state index contributed by atoms with van der Waals surface area (Å²) in [6.07, 6.45) is 11.7. The van der Waals surface area contributed by atoms with Crippen molar-refractivity contribution in [2.24, 2.45) is 0 Å². The molecule has 0 radical (unpaired) electrons. The molecule has 0 fully saturated rings. The molecule has 0 spiro atoms. The monoisotopic (exact) mass is 556 g/mol. The maximum Gasteiger partial charge on any atom is 0.414 e. The molecule has 0 atom stereocenters. The lowest BCUT2D eigenvalue weighted by atomic mass is 10.1. The molecule has 38 heavy (non-hydrogen) atoms. The van der Waals surface area contributed by atoms with Crippen LogP contribution in [0.5, 0.6) is 0 Å². The van der Waals surface area contributed by atoms with Gasteiger partial charge in [0.1, 0.15) is 10.7 Å². The predicted octanol–water partition coefficient (Wildman–Crippen LogP) is 2.41. The van der Waals surface area contributed by atoms with Crippen molar-refractivity contribution >= 4 is 35.2 Å². The maximum absolute atomic E-state index is 12.5. The van der Waals surface area contributed by atoms with Crippen LogP contribution in [0.3, 0.4) is 0 Å². The quantitative estimate of drug-likeness (QED) is 0.227. The van der Waals surface area contributed by atoms with Gasteiger partial charge in [0.25, 0.3) is 10.0 Å². The summed E-state index contributed by atoms with van der Waals surface area (Å²) in [5, 5.41) is 4.70. The van der Waals surface area contributed by atoms with E-state index in [-0.39, 0.29) is 11.4 Å². The van der Waals surface area contributed by atoms with Gasteiger partial charge in [-0.25, -0.2) is 23.0 Å². The van der Waals surface area contributed by atoms with Crippen LogP contribution in [0.4, 0.5) is 5.82 Å². The summed E-state index contributed by atoms with van der Waals surface area (Å²) >= 11 is 0. The van der Waals surface area contributed by atoms with Gasteiger partial charge in [-0.15, -0.1) is 4.49 Å². The number of anilines is 1. The molecule has 3 aromatic rings. The number of nitrogens with zero attached hydrogens (tertiary/aromatic N) is 4. The molecular weight excluding hydrogens is 527 g/mol. The average Bonchev–Trinajstić information content (AvgIpc) is 2.88. The molecule has 0 aliphatic carbocycles. The fraction of sp³-hybridized carbons (Fsp3) is 0.200. The van der Waals surface area contributed by atoms with E-state index >= 15 is 0 Å². The van der Waals surface area contributed by atoms with E-state index in [4.69, 9.17) is 14.8 Å². The van der Waals surface area contributed by atoms with Gasteiger partial charge in [-0.05, 0) is 57.0 Å². The highest BCUT2D eigenvalue weighted by molar-refractivity contribution is 7.94. The Balaban J connectivity index is 2.23. The third-order valence-electron chi connectivity index (χ3n) is 5.40. The smallest absolute Gasteiger partial charge is 0.364 e. The van der Waals surface area contributed by atoms with Gasteiger partial charge in [-0.2, -0.15) is 0 Å². The van der Waals surface area contributed by atoms with Crippen molar-refractivity contribution in [3.8, 4) is 11.4 Å². The van der Waals surface area contributed by atoms with Gasteiger partial charge in [0.2, 0.25) is 0 Å². The topological polar surface area (TPSA) is 167 Å². The lowest BCUT2D eigenvalue weighted by Gasteiger charge is -2.12. The summed E-state index contributed by atoms with van der Waals surface area (Å²) in [6, 6.07) is 6.79. The molecule has 0 saturated heterocycles. The molecule has 0 saturated carbocycles. The van der Waals surface area contributed by atoms with Gasteiger partial charge < -0.3 is 15.1 Å². The Morgan fingerprint density at radius 3 is 2.53 bits per heavy atom. The van der Waals surface area contributed by atoms with E-state index in [0.717, 1.165) is 28.3 Å². The van der Waals surface area contributed by atoms with Crippen LogP contribution in [-0.4, -0.2) is 38.1 Å². The second-order valence-corrected chi connectivity index (χ2v) is 11.5. The third kappa shape index (κ3) is 7.50. The van der Waals surface area contributed by atoms with Crippen molar-refractivity contribution in [2.75, 3.05) is 5.32 Å². The molecule has 0 aliphatic rings. The van der Waals surface area contributed by atoms with E-state index in [1.54, 1.807) is 6.20 Å². The second-order valence-electron chi connectivity index (χ2n) is 8.17. The Morgan fingerprint density at radius 1 is 1.13 bits per heavy atom. The molecule has 0 aromatic carbocycles. The molecule has 0 unspecified atom stereocenters. The minimum Gasteiger partial charge on any atom is -0.364 e. The zero-order valence-corrected chi connectivity index (χ0v) is 23.0. The van der Waals surface area contributed by atoms with Gasteiger partial charge in [-0.3, -0.25) is 9.97 Å². The van der Waals surface area contributed by atoms with Crippen LogP contribution in [0.25, 0.3) is 23.0 Å². The number of sulfonamides is 1. The highest BCUT2D eigenvalue weighted by Crippen LogP contribution is 2.32. The Bertz CT molecular complexity index is 1650. The Kier molecular flexibility index (Phi) is 9.42. The van der Waals surface area contributed by atoms with Gasteiger partial charge >= 0.3 is 7.75 Å². The largest absolute Gasteiger partial charge is 0.414 e. The van der Waals surface area contributed by atoms with Gasteiger partial charge in [-0.1, -0.05) is 30.4 Å². The van der Waals surface area contributed by atoms with E-state index in [9.17, 15) is 13.0 Å². The Labute approximate surface area is 221 Å². The number of pyridine rings is 2. The van der Waals surface area contributed by atoms with E-state index in [0.29, 0.717) is 17.7 Å². The van der Waals surface area contributed by atoms with Crippen LogP contribution >= 0.6 is 7.75 Å². The molecule has 0 amide bonds. The normalized spacial score (nSPS) is 14.2. The van der Waals surface area contributed by atoms with Crippen molar-refractivity contribution in [3.05, 3.63) is 82.9 Å². The molecule has 3 aromatic heterocycles. The highest BCUT2D eigenvalue weighted by atomic mass is 32.2. The molecule has 13 heteroatoms. The van der Waals surface area contributed by atoms with Crippen LogP contribution in [0.2, 0.25) is 0 Å². The molecule has 0 bridgehead atoms. The summed E-state index contributed by atoms with van der Waals surface area (Å²) in [7, 11) is -9.61. The number of rotatable bonds is 9. The van der Waals surface area contributed by atoms with E-state index in [2.05, 4.69) is 20.3 Å².